The van der Waals surface area contributed by atoms with Gasteiger partial charge in [-0.3, -0.25) is 9.89 Å². The summed E-state index contributed by atoms with van der Waals surface area (Å²) < 4.78 is 0. The number of nitrogens with zero attached hydrogens (tertiary/aromatic N) is 4. The zero-order chi connectivity index (χ0) is 20.4. The van der Waals surface area contributed by atoms with Crippen LogP contribution in [0, 0.1) is 0 Å². The standard InChI is InChI=1S/C20H19Cl2N5O2/c21-14-7-13(8-15(22)9-14)20-18(16-1-4-23-11-24-16)19(25-26-20)12-2-5-27(6-3-12)17(29)10-28/h1,4,7-9,11-12,28H,2-3,5-6,10H2,(H,25,26). The topological polar surface area (TPSA) is 95.0 Å². The van der Waals surface area contributed by atoms with Crippen molar-refractivity contribution in [2.24, 2.45) is 0 Å². The molecule has 3 heterocycles. The Morgan fingerprint density at radius 1 is 1.21 bits per heavy atom. The molecule has 0 radical (unpaired) electrons. The molecule has 3 aromatic rings. The Labute approximate surface area is 177 Å². The van der Waals surface area contributed by atoms with E-state index in [1.165, 1.54) is 6.33 Å². The molecule has 0 bridgehead atoms. The van der Waals surface area contributed by atoms with E-state index in [4.69, 9.17) is 28.3 Å². The van der Waals surface area contributed by atoms with Crippen molar-refractivity contribution in [2.45, 2.75) is 18.8 Å². The first-order valence-corrected chi connectivity index (χ1v) is 10.0. The van der Waals surface area contributed by atoms with E-state index < -0.39 is 6.61 Å². The first-order chi connectivity index (χ1) is 14.1. The van der Waals surface area contributed by atoms with Crippen molar-refractivity contribution in [3.8, 4) is 22.5 Å². The van der Waals surface area contributed by atoms with E-state index in [-0.39, 0.29) is 11.8 Å². The van der Waals surface area contributed by atoms with Gasteiger partial charge in [-0.05, 0) is 37.1 Å². The van der Waals surface area contributed by atoms with Gasteiger partial charge in [-0.25, -0.2) is 9.97 Å². The summed E-state index contributed by atoms with van der Waals surface area (Å²) in [6.07, 6.45) is 4.73. The fourth-order valence-corrected chi connectivity index (χ4v) is 4.29. The molecule has 2 N–H and O–H groups in total. The lowest BCUT2D eigenvalue weighted by molar-refractivity contribution is -0.135. The summed E-state index contributed by atoms with van der Waals surface area (Å²) >= 11 is 12.4. The first-order valence-electron chi connectivity index (χ1n) is 9.26. The van der Waals surface area contributed by atoms with E-state index in [2.05, 4.69) is 20.2 Å². The van der Waals surface area contributed by atoms with Crippen LogP contribution in [-0.4, -0.2) is 55.8 Å². The predicted molar refractivity (Wildman–Crippen MR) is 111 cm³/mol. The second-order valence-corrected chi connectivity index (χ2v) is 7.80. The number of hydrogen-bond donors (Lipinski definition) is 2. The molecule has 0 unspecified atom stereocenters. The summed E-state index contributed by atoms with van der Waals surface area (Å²) in [6, 6.07) is 7.16. The van der Waals surface area contributed by atoms with Crippen molar-refractivity contribution in [3.05, 3.63) is 52.5 Å². The number of rotatable bonds is 4. The molecule has 1 fully saturated rings. The molecule has 1 amide bonds. The van der Waals surface area contributed by atoms with E-state index in [1.807, 2.05) is 18.2 Å². The molecule has 0 spiro atoms. The van der Waals surface area contributed by atoms with E-state index in [0.717, 1.165) is 41.1 Å². The predicted octanol–water partition coefficient (Wildman–Crippen LogP) is 3.54. The summed E-state index contributed by atoms with van der Waals surface area (Å²) in [5, 5.41) is 17.9. The Bertz CT molecular complexity index is 997. The third kappa shape index (κ3) is 4.12. The van der Waals surface area contributed by atoms with Gasteiger partial charge in [0.25, 0.3) is 0 Å². The van der Waals surface area contributed by atoms with Crippen molar-refractivity contribution in [1.29, 1.82) is 0 Å². The van der Waals surface area contributed by atoms with E-state index in [0.29, 0.717) is 23.1 Å². The lowest BCUT2D eigenvalue weighted by Gasteiger charge is -2.31. The Morgan fingerprint density at radius 2 is 1.93 bits per heavy atom. The van der Waals surface area contributed by atoms with Gasteiger partial charge in [-0.2, -0.15) is 5.10 Å². The third-order valence-electron chi connectivity index (χ3n) is 5.16. The van der Waals surface area contributed by atoms with Crippen LogP contribution in [0.1, 0.15) is 24.5 Å². The fraction of sp³-hybridized carbons (Fsp3) is 0.300. The number of benzene rings is 1. The van der Waals surface area contributed by atoms with Crippen LogP contribution in [0.3, 0.4) is 0 Å². The number of H-pyrrole nitrogens is 1. The van der Waals surface area contributed by atoms with Crippen LogP contribution in [0.2, 0.25) is 10.0 Å². The van der Waals surface area contributed by atoms with E-state index in [1.54, 1.807) is 17.2 Å². The smallest absolute Gasteiger partial charge is 0.248 e. The molecule has 9 heteroatoms. The van der Waals surface area contributed by atoms with Crippen LogP contribution in [0.4, 0.5) is 0 Å². The summed E-state index contributed by atoms with van der Waals surface area (Å²) in [5.74, 6) is -0.0584. The van der Waals surface area contributed by atoms with Gasteiger partial charge in [0, 0.05) is 52.1 Å². The van der Waals surface area contributed by atoms with E-state index >= 15 is 0 Å². The average molecular weight is 432 g/mol. The van der Waals surface area contributed by atoms with Gasteiger partial charge in [0.1, 0.15) is 18.6 Å². The monoisotopic (exact) mass is 431 g/mol. The summed E-state index contributed by atoms with van der Waals surface area (Å²) in [7, 11) is 0. The number of carbonyl (C=O) groups is 1. The highest BCUT2D eigenvalue weighted by Gasteiger charge is 2.29. The molecule has 1 aromatic carbocycles. The van der Waals surface area contributed by atoms with Crippen molar-refractivity contribution in [2.75, 3.05) is 19.7 Å². The number of piperidine rings is 1. The number of likely N-dealkylation sites (tertiary alicyclic amines) is 1. The molecule has 29 heavy (non-hydrogen) atoms. The molecule has 0 atom stereocenters. The Hall–Kier alpha value is -2.48. The number of aromatic amines is 1. The molecular weight excluding hydrogens is 413 g/mol. The fourth-order valence-electron chi connectivity index (χ4n) is 3.77. The summed E-state index contributed by atoms with van der Waals surface area (Å²) in [5.41, 5.74) is 4.12. The third-order valence-corrected chi connectivity index (χ3v) is 5.60. The SMILES string of the molecule is O=C(CO)N1CCC(c2[nH]nc(-c3cc(Cl)cc(Cl)c3)c2-c2ccncn2)CC1. The number of aliphatic hydroxyl groups excluding tert-OH is 1. The first kappa shape index (κ1) is 19.8. The van der Waals surface area contributed by atoms with Crippen LogP contribution in [0.5, 0.6) is 0 Å². The number of halogens is 2. The summed E-state index contributed by atoms with van der Waals surface area (Å²) in [6.45, 7) is 0.718. The van der Waals surface area contributed by atoms with Crippen LogP contribution in [-0.2, 0) is 4.79 Å². The molecule has 1 aliphatic rings. The lowest BCUT2D eigenvalue weighted by atomic mass is 9.89. The van der Waals surface area contributed by atoms with Crippen LogP contribution in [0.25, 0.3) is 22.5 Å². The normalized spacial score (nSPS) is 14.9. The number of aromatic nitrogens is 4. The van der Waals surface area contributed by atoms with Crippen molar-refractivity contribution < 1.29 is 9.90 Å². The number of amides is 1. The zero-order valence-corrected chi connectivity index (χ0v) is 17.0. The largest absolute Gasteiger partial charge is 0.387 e. The molecule has 2 aromatic heterocycles. The van der Waals surface area contributed by atoms with Gasteiger partial charge in [0.15, 0.2) is 0 Å². The Kier molecular flexibility index (Phi) is 5.80. The second kappa shape index (κ2) is 8.49. The molecule has 150 valence electrons. The van der Waals surface area contributed by atoms with Gasteiger partial charge < -0.3 is 10.0 Å². The Morgan fingerprint density at radius 3 is 2.55 bits per heavy atom. The maximum Gasteiger partial charge on any atom is 0.248 e. The van der Waals surface area contributed by atoms with Gasteiger partial charge >= 0.3 is 0 Å². The van der Waals surface area contributed by atoms with Crippen LogP contribution >= 0.6 is 23.2 Å². The molecule has 1 saturated heterocycles. The highest BCUT2D eigenvalue weighted by molar-refractivity contribution is 6.35. The quantitative estimate of drug-likeness (QED) is 0.658. The average Bonchev–Trinajstić information content (AvgIpc) is 3.18. The van der Waals surface area contributed by atoms with Crippen LogP contribution in [0.15, 0.2) is 36.8 Å². The number of hydrogen-bond acceptors (Lipinski definition) is 5. The molecular formula is C20H19Cl2N5O2. The number of nitrogens with one attached hydrogen (secondary N) is 1. The zero-order valence-electron chi connectivity index (χ0n) is 15.5. The molecule has 0 aliphatic carbocycles. The molecule has 1 aliphatic heterocycles. The van der Waals surface area contributed by atoms with Gasteiger partial charge in [-0.1, -0.05) is 23.2 Å². The Balaban J connectivity index is 1.74. The highest BCUT2D eigenvalue weighted by atomic mass is 35.5. The van der Waals surface area contributed by atoms with E-state index in [9.17, 15) is 4.79 Å². The second-order valence-electron chi connectivity index (χ2n) is 6.93. The molecule has 0 saturated carbocycles. The highest BCUT2D eigenvalue weighted by Crippen LogP contribution is 2.40. The van der Waals surface area contributed by atoms with Crippen molar-refractivity contribution >= 4 is 29.1 Å². The van der Waals surface area contributed by atoms with Crippen molar-refractivity contribution in [3.63, 3.8) is 0 Å². The van der Waals surface area contributed by atoms with Crippen LogP contribution < -0.4 is 0 Å². The van der Waals surface area contributed by atoms with Gasteiger partial charge in [0.05, 0.1) is 5.69 Å². The van der Waals surface area contributed by atoms with Gasteiger partial charge in [-0.15, -0.1) is 0 Å². The lowest BCUT2D eigenvalue weighted by Crippen LogP contribution is -2.39. The molecule has 7 nitrogen and oxygen atoms in total. The minimum atomic E-state index is -0.458. The number of aliphatic hydroxyl groups is 1. The van der Waals surface area contributed by atoms with Crippen molar-refractivity contribution in [1.82, 2.24) is 25.1 Å². The minimum Gasteiger partial charge on any atom is -0.387 e. The van der Waals surface area contributed by atoms with Gasteiger partial charge in [0.2, 0.25) is 5.91 Å². The minimum absolute atomic E-state index is 0.179. The number of carbonyl (C=O) groups excluding carboxylic acids is 1. The maximum atomic E-state index is 11.8. The maximum absolute atomic E-state index is 11.8. The summed E-state index contributed by atoms with van der Waals surface area (Å²) in [4.78, 5) is 21.9. The molecule has 4 rings (SSSR count).